The van der Waals surface area contributed by atoms with Crippen LogP contribution >= 0.6 is 0 Å². The van der Waals surface area contributed by atoms with Crippen molar-refractivity contribution in [1.29, 1.82) is 0 Å². The molecule has 0 spiro atoms. The Bertz CT molecular complexity index is 15.5. The van der Waals surface area contributed by atoms with Gasteiger partial charge in [0, 0.05) is 80.6 Å². The van der Waals surface area contributed by atoms with Crippen LogP contribution in [0.15, 0.2) is 0 Å². The maximum absolute atomic E-state index is 0. The molecule has 0 fully saturated rings. The standard InChI is InChI=1S/Ag.Ca.Cu.Mg.Ti.Zn.4H. The van der Waals surface area contributed by atoms with Crippen molar-refractivity contribution in [3.8, 4) is 0 Å². The molecule has 6 heteroatoms. The Morgan fingerprint density at radius 1 is 1.00 bits per heavy atom. The van der Waals surface area contributed by atoms with E-state index in [2.05, 4.69) is 0 Å². The van der Waals surface area contributed by atoms with Crippen molar-refractivity contribution in [1.82, 2.24) is 0 Å². The molecule has 0 aromatic heterocycles. The van der Waals surface area contributed by atoms with Crippen molar-refractivity contribution in [3.63, 3.8) is 0 Å². The van der Waals surface area contributed by atoms with Crippen LogP contribution < -0.4 is 0 Å². The maximum Gasteiger partial charge on any atom is 0.316 e. The van der Waals surface area contributed by atoms with Crippen LogP contribution in [0.4, 0.5) is 0 Å². The van der Waals surface area contributed by atoms with Crippen molar-refractivity contribution in [2.45, 2.75) is 0 Å². The number of rotatable bonds is 0. The van der Waals surface area contributed by atoms with Gasteiger partial charge in [-0.2, -0.15) is 0 Å². The Morgan fingerprint density at radius 2 is 1.00 bits per heavy atom. The van der Waals surface area contributed by atoms with Crippen LogP contribution in [-0.4, -0.2) is 60.8 Å². The van der Waals surface area contributed by atoms with Crippen LogP contribution in [0.1, 0.15) is 0 Å². The second-order valence-electron chi connectivity index (χ2n) is 0. The molecule has 0 aliphatic carbocycles. The van der Waals surface area contributed by atoms with Gasteiger partial charge in [-0.1, -0.05) is 0 Å². The SMILES string of the molecule is [Ag].[CaH2].[Cu].[MgH2].[Ti].[Zn]. The molecule has 2 radical (unpaired) electrons. The third kappa shape index (κ3) is 23.4. The van der Waals surface area contributed by atoms with Crippen LogP contribution in [0.2, 0.25) is 0 Å². The fraction of sp³-hybridized carbons (Fsp3) is 0. The Labute approximate surface area is 138 Å². The first-order valence-corrected chi connectivity index (χ1v) is 0. The van der Waals surface area contributed by atoms with Crippen molar-refractivity contribution in [2.75, 3.05) is 0 Å². The Hall–Kier alpha value is 4.62. The molecule has 0 aromatic rings. The zero-order valence-electron chi connectivity index (χ0n) is 1.81. The molecule has 0 atom stereocenters. The largest absolute Gasteiger partial charge is 0.316 e. The van der Waals surface area contributed by atoms with Gasteiger partial charge in [0.15, 0.2) is 0 Å². The van der Waals surface area contributed by atoms with Gasteiger partial charge in [-0.05, 0) is 0 Å². The molecule has 36 valence electrons. The minimum atomic E-state index is 0. The Kier molecular flexibility index (Phi) is 257. The zero-order valence-corrected chi connectivity index (χ0v) is 8.76. The van der Waals surface area contributed by atoms with Gasteiger partial charge in [-0.3, -0.25) is 0 Å². The molecule has 0 heterocycles. The van der Waals surface area contributed by atoms with E-state index in [1.165, 1.54) is 0 Å². The van der Waals surface area contributed by atoms with E-state index in [1.807, 2.05) is 0 Å². The molecule has 0 N–H and O–H groups in total. The van der Waals surface area contributed by atoms with Crippen molar-refractivity contribution in [3.05, 3.63) is 0 Å². The van der Waals surface area contributed by atoms with Gasteiger partial charge in [0.25, 0.3) is 0 Å². The van der Waals surface area contributed by atoms with Crippen LogP contribution in [0, 0.1) is 0 Å². The molecule has 0 saturated heterocycles. The van der Waals surface area contributed by atoms with E-state index >= 15 is 0 Å². The second-order valence-corrected chi connectivity index (χ2v) is 0. The first-order chi connectivity index (χ1) is 0. The molecule has 0 aliphatic heterocycles. The van der Waals surface area contributed by atoms with Crippen LogP contribution in [-0.2, 0) is 80.6 Å². The van der Waals surface area contributed by atoms with Gasteiger partial charge in [-0.15, -0.1) is 0 Å². The molecule has 0 unspecified atom stereocenters. The summed E-state index contributed by atoms with van der Waals surface area (Å²) in [6.45, 7) is 0. The average molecular weight is 353 g/mol. The van der Waals surface area contributed by atoms with Gasteiger partial charge >= 0.3 is 60.8 Å². The van der Waals surface area contributed by atoms with Crippen LogP contribution in [0.25, 0.3) is 0 Å². The third-order valence-electron chi connectivity index (χ3n) is 0. The predicted octanol–water partition coefficient (Wildman–Crippen LogP) is -1.84. The zero-order chi connectivity index (χ0) is 0. The van der Waals surface area contributed by atoms with E-state index in [0.717, 1.165) is 0 Å². The van der Waals surface area contributed by atoms with E-state index in [9.17, 15) is 0 Å². The third-order valence-corrected chi connectivity index (χ3v) is 0. The summed E-state index contributed by atoms with van der Waals surface area (Å²) in [5.41, 5.74) is 0. The van der Waals surface area contributed by atoms with Crippen LogP contribution in [0.5, 0.6) is 0 Å². The fourth-order valence-corrected chi connectivity index (χ4v) is 0. The summed E-state index contributed by atoms with van der Waals surface area (Å²) in [5, 5.41) is 0. The molecule has 0 amide bonds. The van der Waals surface area contributed by atoms with Gasteiger partial charge in [0.2, 0.25) is 0 Å². The minimum Gasteiger partial charge on any atom is 0 e. The summed E-state index contributed by atoms with van der Waals surface area (Å²) < 4.78 is 0. The van der Waals surface area contributed by atoms with E-state index in [4.69, 9.17) is 0 Å². The molecule has 0 saturated carbocycles. The predicted molar refractivity (Wildman–Crippen MR) is 17.1 cm³/mol. The molecular formula is H4AgCaCuMgTiZn. The first-order valence-electron chi connectivity index (χ1n) is 0. The molecular weight excluding hydrogens is 349 g/mol. The quantitative estimate of drug-likeness (QED) is 0.449. The Morgan fingerprint density at radius 3 is 1.00 bits per heavy atom. The Balaban J connectivity index is 0. The summed E-state index contributed by atoms with van der Waals surface area (Å²) in [5.74, 6) is 0. The van der Waals surface area contributed by atoms with Gasteiger partial charge < -0.3 is 0 Å². The topological polar surface area (TPSA) is 0 Å². The van der Waals surface area contributed by atoms with Gasteiger partial charge in [0.05, 0.1) is 0 Å². The maximum atomic E-state index is 0. The van der Waals surface area contributed by atoms with E-state index in [1.54, 1.807) is 0 Å². The molecule has 0 rings (SSSR count). The average Bonchev–Trinajstić information content (AvgIpc) is 0. The molecule has 6 heavy (non-hydrogen) atoms. The van der Waals surface area contributed by atoms with Crippen molar-refractivity contribution in [2.24, 2.45) is 0 Å². The number of hydrogen-bond donors (Lipinski definition) is 0. The van der Waals surface area contributed by atoms with Gasteiger partial charge in [0.1, 0.15) is 0 Å². The second kappa shape index (κ2) is 33.5. The summed E-state index contributed by atoms with van der Waals surface area (Å²) in [7, 11) is 0. The summed E-state index contributed by atoms with van der Waals surface area (Å²) in [4.78, 5) is 0. The van der Waals surface area contributed by atoms with Crippen molar-refractivity contribution >= 4 is 60.8 Å². The summed E-state index contributed by atoms with van der Waals surface area (Å²) in [6, 6.07) is 0. The minimum absolute atomic E-state index is 0. The van der Waals surface area contributed by atoms with E-state index < -0.39 is 0 Å². The molecule has 0 aromatic carbocycles. The van der Waals surface area contributed by atoms with Crippen LogP contribution in [0.3, 0.4) is 0 Å². The fourth-order valence-electron chi connectivity index (χ4n) is 0. The van der Waals surface area contributed by atoms with Crippen molar-refractivity contribution < 1.29 is 80.6 Å². The summed E-state index contributed by atoms with van der Waals surface area (Å²) >= 11 is 0. The normalized spacial score (nSPS) is 0. The summed E-state index contributed by atoms with van der Waals surface area (Å²) in [6.07, 6.45) is 0. The molecule has 0 nitrogen and oxygen atoms in total. The number of hydrogen-bond acceptors (Lipinski definition) is 0. The molecule has 0 aliphatic rings. The van der Waals surface area contributed by atoms with E-state index in [-0.39, 0.29) is 141 Å². The monoisotopic (exact) mass is 350 g/mol. The van der Waals surface area contributed by atoms with Gasteiger partial charge in [-0.25, -0.2) is 0 Å². The smallest absolute Gasteiger partial charge is 0 e. The van der Waals surface area contributed by atoms with E-state index in [0.29, 0.717) is 0 Å². The first kappa shape index (κ1) is 46.0. The molecule has 0 bridgehead atoms.